The SMILES string of the molecule is CCCNc1cc(Sc2ccc(C)c(C)c2)nc(N)n1. The number of benzene rings is 1. The van der Waals surface area contributed by atoms with Crippen LogP contribution in [0.15, 0.2) is 34.2 Å². The molecule has 0 saturated carbocycles. The molecule has 0 atom stereocenters. The van der Waals surface area contributed by atoms with Gasteiger partial charge in [0.1, 0.15) is 10.8 Å². The highest BCUT2D eigenvalue weighted by molar-refractivity contribution is 7.99. The number of aryl methyl sites for hydroxylation is 2. The van der Waals surface area contributed by atoms with Crippen LogP contribution in [0.1, 0.15) is 24.5 Å². The van der Waals surface area contributed by atoms with E-state index in [1.54, 1.807) is 11.8 Å². The van der Waals surface area contributed by atoms with Gasteiger partial charge in [0, 0.05) is 17.5 Å². The van der Waals surface area contributed by atoms with Gasteiger partial charge in [0.15, 0.2) is 0 Å². The Balaban J connectivity index is 2.19. The normalized spacial score (nSPS) is 10.6. The van der Waals surface area contributed by atoms with Crippen molar-refractivity contribution in [1.29, 1.82) is 0 Å². The molecule has 20 heavy (non-hydrogen) atoms. The Hall–Kier alpha value is -1.75. The number of nitrogens with one attached hydrogen (secondary N) is 1. The van der Waals surface area contributed by atoms with Crippen molar-refractivity contribution in [2.24, 2.45) is 0 Å². The van der Waals surface area contributed by atoms with E-state index in [-0.39, 0.29) is 0 Å². The highest BCUT2D eigenvalue weighted by Crippen LogP contribution is 2.29. The van der Waals surface area contributed by atoms with Crippen LogP contribution in [0.5, 0.6) is 0 Å². The summed E-state index contributed by atoms with van der Waals surface area (Å²) in [6.07, 6.45) is 1.05. The molecule has 0 aliphatic rings. The largest absolute Gasteiger partial charge is 0.370 e. The number of hydrogen-bond donors (Lipinski definition) is 2. The molecule has 0 bridgehead atoms. The summed E-state index contributed by atoms with van der Waals surface area (Å²) in [5.74, 6) is 1.09. The van der Waals surface area contributed by atoms with Crippen LogP contribution in [0.4, 0.5) is 11.8 Å². The van der Waals surface area contributed by atoms with Crippen LogP contribution in [0.25, 0.3) is 0 Å². The summed E-state index contributed by atoms with van der Waals surface area (Å²) >= 11 is 1.60. The lowest BCUT2D eigenvalue weighted by atomic mass is 10.1. The van der Waals surface area contributed by atoms with Gasteiger partial charge in [-0.25, -0.2) is 4.98 Å². The quantitative estimate of drug-likeness (QED) is 0.822. The van der Waals surface area contributed by atoms with Crippen LogP contribution in [-0.4, -0.2) is 16.5 Å². The first kappa shape index (κ1) is 14.7. The van der Waals surface area contributed by atoms with Crippen molar-refractivity contribution in [3.05, 3.63) is 35.4 Å². The molecule has 0 amide bonds. The number of rotatable bonds is 5. The Kier molecular flexibility index (Phi) is 4.84. The summed E-state index contributed by atoms with van der Waals surface area (Å²) in [4.78, 5) is 9.63. The molecule has 0 fully saturated rings. The molecule has 0 aliphatic heterocycles. The predicted octanol–water partition coefficient (Wildman–Crippen LogP) is 3.65. The molecule has 106 valence electrons. The third kappa shape index (κ3) is 3.87. The van der Waals surface area contributed by atoms with E-state index in [4.69, 9.17) is 5.73 Å². The van der Waals surface area contributed by atoms with Gasteiger partial charge < -0.3 is 11.1 Å². The number of nitrogen functional groups attached to an aromatic ring is 1. The first-order valence-corrected chi connectivity index (χ1v) is 7.53. The van der Waals surface area contributed by atoms with E-state index >= 15 is 0 Å². The van der Waals surface area contributed by atoms with Gasteiger partial charge in [-0.3, -0.25) is 0 Å². The van der Waals surface area contributed by atoms with Gasteiger partial charge in [0.2, 0.25) is 5.95 Å². The van der Waals surface area contributed by atoms with E-state index < -0.39 is 0 Å². The van der Waals surface area contributed by atoms with E-state index in [1.165, 1.54) is 11.1 Å². The highest BCUT2D eigenvalue weighted by Gasteiger charge is 2.05. The smallest absolute Gasteiger partial charge is 0.223 e. The molecule has 0 aliphatic carbocycles. The van der Waals surface area contributed by atoms with Gasteiger partial charge >= 0.3 is 0 Å². The van der Waals surface area contributed by atoms with E-state index in [1.807, 2.05) is 6.07 Å². The number of nitrogens with two attached hydrogens (primary N) is 1. The van der Waals surface area contributed by atoms with Gasteiger partial charge in [-0.05, 0) is 43.5 Å². The molecule has 3 N–H and O–H groups in total. The highest BCUT2D eigenvalue weighted by atomic mass is 32.2. The lowest BCUT2D eigenvalue weighted by Gasteiger charge is -2.08. The summed E-state index contributed by atoms with van der Waals surface area (Å²) < 4.78 is 0. The van der Waals surface area contributed by atoms with Crippen LogP contribution in [0.3, 0.4) is 0 Å². The van der Waals surface area contributed by atoms with Crippen LogP contribution < -0.4 is 11.1 Å². The molecule has 4 nitrogen and oxygen atoms in total. The zero-order valence-corrected chi connectivity index (χ0v) is 12.9. The second-order valence-electron chi connectivity index (χ2n) is 4.72. The minimum absolute atomic E-state index is 0.303. The van der Waals surface area contributed by atoms with E-state index in [9.17, 15) is 0 Å². The molecular weight excluding hydrogens is 268 g/mol. The van der Waals surface area contributed by atoms with E-state index in [2.05, 4.69) is 54.3 Å². The standard InChI is InChI=1S/C15H20N4S/c1-4-7-17-13-9-14(19-15(16)18-13)20-12-6-5-10(2)11(3)8-12/h5-6,8-9H,4,7H2,1-3H3,(H3,16,17,18,19). The Labute approximate surface area is 124 Å². The average molecular weight is 288 g/mol. The predicted molar refractivity (Wildman–Crippen MR) is 85.3 cm³/mol. The number of anilines is 2. The van der Waals surface area contributed by atoms with Crippen molar-refractivity contribution >= 4 is 23.5 Å². The number of aromatic nitrogens is 2. The third-order valence-electron chi connectivity index (χ3n) is 2.98. The van der Waals surface area contributed by atoms with Crippen LogP contribution in [0.2, 0.25) is 0 Å². The van der Waals surface area contributed by atoms with E-state index in [0.29, 0.717) is 5.95 Å². The van der Waals surface area contributed by atoms with Crippen LogP contribution in [-0.2, 0) is 0 Å². The molecule has 0 saturated heterocycles. The molecule has 2 aromatic rings. The van der Waals surface area contributed by atoms with Crippen molar-refractivity contribution < 1.29 is 0 Å². The monoisotopic (exact) mass is 288 g/mol. The molecule has 0 radical (unpaired) electrons. The second kappa shape index (κ2) is 6.61. The lowest BCUT2D eigenvalue weighted by molar-refractivity contribution is 0.957. The molecular formula is C15H20N4S. The van der Waals surface area contributed by atoms with E-state index in [0.717, 1.165) is 28.7 Å². The van der Waals surface area contributed by atoms with Crippen molar-refractivity contribution in [2.45, 2.75) is 37.1 Å². The van der Waals surface area contributed by atoms with Gasteiger partial charge in [-0.1, -0.05) is 24.8 Å². The lowest BCUT2D eigenvalue weighted by Crippen LogP contribution is -2.05. The Bertz CT molecular complexity index is 598. The summed E-state index contributed by atoms with van der Waals surface area (Å²) in [6, 6.07) is 8.33. The minimum atomic E-state index is 0.303. The van der Waals surface area contributed by atoms with Crippen LogP contribution in [0, 0.1) is 13.8 Å². The summed E-state index contributed by atoms with van der Waals surface area (Å²) in [6.45, 7) is 7.22. The van der Waals surface area contributed by atoms with Crippen LogP contribution >= 0.6 is 11.8 Å². The van der Waals surface area contributed by atoms with Crippen molar-refractivity contribution in [3.63, 3.8) is 0 Å². The summed E-state index contributed by atoms with van der Waals surface area (Å²) in [5, 5.41) is 4.10. The maximum absolute atomic E-state index is 5.76. The maximum atomic E-state index is 5.76. The Morgan fingerprint density at radius 1 is 1.15 bits per heavy atom. The maximum Gasteiger partial charge on any atom is 0.223 e. The number of nitrogens with zero attached hydrogens (tertiary/aromatic N) is 2. The average Bonchev–Trinajstić information content (AvgIpc) is 2.40. The molecule has 5 heteroatoms. The van der Waals surface area contributed by atoms with Crippen molar-refractivity contribution in [3.8, 4) is 0 Å². The van der Waals surface area contributed by atoms with Gasteiger partial charge in [-0.2, -0.15) is 4.98 Å². The summed E-state index contributed by atoms with van der Waals surface area (Å²) in [7, 11) is 0. The molecule has 0 unspecified atom stereocenters. The molecule has 1 aromatic carbocycles. The van der Waals surface area contributed by atoms with Gasteiger partial charge in [0.25, 0.3) is 0 Å². The molecule has 2 rings (SSSR count). The fourth-order valence-corrected chi connectivity index (χ4v) is 2.66. The molecule has 0 spiro atoms. The second-order valence-corrected chi connectivity index (χ2v) is 5.82. The number of hydrogen-bond acceptors (Lipinski definition) is 5. The van der Waals surface area contributed by atoms with Crippen molar-refractivity contribution in [1.82, 2.24) is 9.97 Å². The first-order valence-electron chi connectivity index (χ1n) is 6.72. The van der Waals surface area contributed by atoms with Crippen molar-refractivity contribution in [2.75, 3.05) is 17.6 Å². The fraction of sp³-hybridized carbons (Fsp3) is 0.333. The fourth-order valence-electron chi connectivity index (χ4n) is 1.74. The summed E-state index contributed by atoms with van der Waals surface area (Å²) in [5.41, 5.74) is 8.34. The third-order valence-corrected chi connectivity index (χ3v) is 3.88. The zero-order chi connectivity index (χ0) is 14.5. The Morgan fingerprint density at radius 3 is 2.65 bits per heavy atom. The molecule has 1 aromatic heterocycles. The first-order chi connectivity index (χ1) is 9.58. The Morgan fingerprint density at radius 2 is 1.95 bits per heavy atom. The van der Waals surface area contributed by atoms with Gasteiger partial charge in [-0.15, -0.1) is 0 Å². The minimum Gasteiger partial charge on any atom is -0.370 e. The zero-order valence-electron chi connectivity index (χ0n) is 12.1. The van der Waals surface area contributed by atoms with Gasteiger partial charge in [0.05, 0.1) is 0 Å². The molecule has 1 heterocycles. The topological polar surface area (TPSA) is 63.8 Å².